The summed E-state index contributed by atoms with van der Waals surface area (Å²) >= 11 is 0. The summed E-state index contributed by atoms with van der Waals surface area (Å²) < 4.78 is 12.7. The van der Waals surface area contributed by atoms with Crippen LogP contribution in [0.3, 0.4) is 0 Å². The molecule has 0 spiro atoms. The van der Waals surface area contributed by atoms with E-state index >= 15 is 0 Å². The summed E-state index contributed by atoms with van der Waals surface area (Å²) in [5, 5.41) is 11.1. The number of morpholine rings is 1. The first-order valence-electron chi connectivity index (χ1n) is 10.5. The minimum absolute atomic E-state index is 0.107. The van der Waals surface area contributed by atoms with Crippen LogP contribution < -0.4 is 10.1 Å². The highest BCUT2D eigenvalue weighted by molar-refractivity contribution is 5.75. The number of nitrogens with zero attached hydrogens (tertiary/aromatic N) is 4. The first-order valence-corrected chi connectivity index (χ1v) is 10.5. The fourth-order valence-corrected chi connectivity index (χ4v) is 3.35. The van der Waals surface area contributed by atoms with E-state index < -0.39 is 0 Å². The van der Waals surface area contributed by atoms with Crippen molar-refractivity contribution >= 4 is 5.91 Å². The quantitative estimate of drug-likeness (QED) is 0.569. The second-order valence-corrected chi connectivity index (χ2v) is 7.39. The third-order valence-electron chi connectivity index (χ3n) is 5.11. The van der Waals surface area contributed by atoms with Crippen molar-refractivity contribution in [2.75, 3.05) is 39.5 Å². The highest BCUT2D eigenvalue weighted by Crippen LogP contribution is 2.20. The molecule has 1 aliphatic heterocycles. The summed E-state index contributed by atoms with van der Waals surface area (Å²) in [6.45, 7) is 5.68. The van der Waals surface area contributed by atoms with Gasteiger partial charge in [0, 0.05) is 31.7 Å². The lowest BCUT2D eigenvalue weighted by Gasteiger charge is -2.26. The molecule has 31 heavy (non-hydrogen) atoms. The van der Waals surface area contributed by atoms with Crippen LogP contribution in [-0.4, -0.2) is 65.3 Å². The standard InChI is InChI=1S/C23H27N5O3/c29-23(24-16-19-4-2-1-3-5-19)18-28-17-22(25-26-28)20-6-8-21(9-7-20)31-15-12-27-10-13-30-14-11-27/h1-9,17H,10-16,18H2,(H,24,29). The molecule has 162 valence electrons. The molecule has 0 unspecified atom stereocenters. The van der Waals surface area contributed by atoms with Crippen LogP contribution in [0.5, 0.6) is 5.75 Å². The highest BCUT2D eigenvalue weighted by Gasteiger charge is 2.10. The molecule has 1 N–H and O–H groups in total. The maximum atomic E-state index is 12.2. The number of aromatic nitrogens is 3. The van der Waals surface area contributed by atoms with Crippen LogP contribution >= 0.6 is 0 Å². The first-order chi connectivity index (χ1) is 15.3. The molecule has 1 aliphatic rings. The molecule has 2 aromatic carbocycles. The lowest BCUT2D eigenvalue weighted by atomic mass is 10.2. The van der Waals surface area contributed by atoms with Gasteiger partial charge in [-0.3, -0.25) is 9.69 Å². The first kappa shape index (κ1) is 21.0. The number of ether oxygens (including phenoxy) is 2. The number of benzene rings is 2. The predicted octanol–water partition coefficient (Wildman–Crippen LogP) is 1.97. The maximum absolute atomic E-state index is 12.2. The van der Waals surface area contributed by atoms with Crippen LogP contribution in [-0.2, 0) is 22.6 Å². The Labute approximate surface area is 181 Å². The molecular formula is C23H27N5O3. The Bertz CT molecular complexity index is 953. The molecule has 0 aliphatic carbocycles. The minimum atomic E-state index is -0.107. The molecule has 1 amide bonds. The van der Waals surface area contributed by atoms with Gasteiger partial charge < -0.3 is 14.8 Å². The summed E-state index contributed by atoms with van der Waals surface area (Å²) in [4.78, 5) is 14.5. The van der Waals surface area contributed by atoms with Gasteiger partial charge in [-0.05, 0) is 29.8 Å². The average molecular weight is 422 g/mol. The van der Waals surface area contributed by atoms with Gasteiger partial charge in [0.25, 0.3) is 0 Å². The topological polar surface area (TPSA) is 81.5 Å². The molecule has 1 aromatic heterocycles. The van der Waals surface area contributed by atoms with Crippen LogP contribution in [0, 0.1) is 0 Å². The SMILES string of the molecule is O=C(Cn1cc(-c2ccc(OCCN3CCOCC3)cc2)nn1)NCc1ccccc1. The molecular weight excluding hydrogens is 394 g/mol. The van der Waals surface area contributed by atoms with E-state index in [0.29, 0.717) is 13.2 Å². The third-order valence-corrected chi connectivity index (χ3v) is 5.11. The maximum Gasteiger partial charge on any atom is 0.242 e. The van der Waals surface area contributed by atoms with Crippen LogP contribution in [0.2, 0.25) is 0 Å². The number of carbonyl (C=O) groups excluding carboxylic acids is 1. The normalized spacial score (nSPS) is 14.3. The predicted molar refractivity (Wildman–Crippen MR) is 117 cm³/mol. The van der Waals surface area contributed by atoms with Gasteiger partial charge in [0.05, 0.1) is 19.4 Å². The summed E-state index contributed by atoms with van der Waals surface area (Å²) in [6.07, 6.45) is 1.77. The zero-order valence-corrected chi connectivity index (χ0v) is 17.4. The van der Waals surface area contributed by atoms with Gasteiger partial charge in [-0.15, -0.1) is 5.10 Å². The monoisotopic (exact) mass is 421 g/mol. The lowest BCUT2D eigenvalue weighted by Crippen LogP contribution is -2.38. The minimum Gasteiger partial charge on any atom is -0.492 e. The van der Waals surface area contributed by atoms with Crippen molar-refractivity contribution in [2.24, 2.45) is 0 Å². The average Bonchev–Trinajstić information content (AvgIpc) is 3.28. The van der Waals surface area contributed by atoms with E-state index in [1.165, 1.54) is 0 Å². The van der Waals surface area contributed by atoms with Crippen molar-refractivity contribution in [3.05, 3.63) is 66.4 Å². The number of nitrogens with one attached hydrogen (secondary N) is 1. The van der Waals surface area contributed by atoms with Crippen molar-refractivity contribution in [3.8, 4) is 17.0 Å². The molecule has 1 saturated heterocycles. The van der Waals surface area contributed by atoms with E-state index in [0.717, 1.165) is 55.4 Å². The smallest absolute Gasteiger partial charge is 0.242 e. The van der Waals surface area contributed by atoms with Gasteiger partial charge in [0.15, 0.2) is 0 Å². The molecule has 8 nitrogen and oxygen atoms in total. The van der Waals surface area contributed by atoms with Gasteiger partial charge in [0.1, 0.15) is 24.6 Å². The second kappa shape index (κ2) is 10.7. The summed E-state index contributed by atoms with van der Waals surface area (Å²) in [5.41, 5.74) is 2.70. The molecule has 0 saturated carbocycles. The van der Waals surface area contributed by atoms with Gasteiger partial charge in [-0.2, -0.15) is 0 Å². The third kappa shape index (κ3) is 6.37. The molecule has 2 heterocycles. The summed E-state index contributed by atoms with van der Waals surface area (Å²) in [7, 11) is 0. The number of rotatable bonds is 9. The van der Waals surface area contributed by atoms with E-state index in [1.54, 1.807) is 10.9 Å². The molecule has 0 atom stereocenters. The second-order valence-electron chi connectivity index (χ2n) is 7.39. The summed E-state index contributed by atoms with van der Waals surface area (Å²) in [6, 6.07) is 17.6. The Balaban J connectivity index is 1.23. The molecule has 1 fully saturated rings. The van der Waals surface area contributed by atoms with Crippen molar-refractivity contribution in [1.29, 1.82) is 0 Å². The highest BCUT2D eigenvalue weighted by atomic mass is 16.5. The van der Waals surface area contributed by atoms with Crippen molar-refractivity contribution in [1.82, 2.24) is 25.2 Å². The Morgan fingerprint density at radius 3 is 2.61 bits per heavy atom. The Morgan fingerprint density at radius 2 is 1.84 bits per heavy atom. The van der Waals surface area contributed by atoms with Gasteiger partial charge in [-0.25, -0.2) is 4.68 Å². The van der Waals surface area contributed by atoms with E-state index in [9.17, 15) is 4.79 Å². The number of hydrogen-bond donors (Lipinski definition) is 1. The van der Waals surface area contributed by atoms with Crippen LogP contribution in [0.25, 0.3) is 11.3 Å². The fourth-order valence-electron chi connectivity index (χ4n) is 3.35. The van der Waals surface area contributed by atoms with Crippen molar-refractivity contribution in [3.63, 3.8) is 0 Å². The summed E-state index contributed by atoms with van der Waals surface area (Å²) in [5.74, 6) is 0.717. The molecule has 4 rings (SSSR count). The number of amides is 1. The molecule has 0 radical (unpaired) electrons. The van der Waals surface area contributed by atoms with Crippen LogP contribution in [0.4, 0.5) is 0 Å². The number of hydrogen-bond acceptors (Lipinski definition) is 6. The van der Waals surface area contributed by atoms with E-state index in [4.69, 9.17) is 9.47 Å². The largest absolute Gasteiger partial charge is 0.492 e. The van der Waals surface area contributed by atoms with Crippen LogP contribution in [0.15, 0.2) is 60.8 Å². The van der Waals surface area contributed by atoms with Gasteiger partial charge in [0.2, 0.25) is 5.91 Å². The fraction of sp³-hybridized carbons (Fsp3) is 0.348. The van der Waals surface area contributed by atoms with E-state index in [1.807, 2.05) is 54.6 Å². The van der Waals surface area contributed by atoms with Crippen LogP contribution in [0.1, 0.15) is 5.56 Å². The van der Waals surface area contributed by atoms with E-state index in [2.05, 4.69) is 20.5 Å². The Kier molecular flexibility index (Phi) is 7.25. The van der Waals surface area contributed by atoms with Gasteiger partial charge >= 0.3 is 0 Å². The molecule has 3 aromatic rings. The van der Waals surface area contributed by atoms with Gasteiger partial charge in [-0.1, -0.05) is 35.5 Å². The Morgan fingerprint density at radius 1 is 1.06 bits per heavy atom. The molecule has 8 heteroatoms. The molecule has 0 bridgehead atoms. The number of carbonyl (C=O) groups is 1. The van der Waals surface area contributed by atoms with E-state index in [-0.39, 0.29) is 12.5 Å². The van der Waals surface area contributed by atoms with Crippen molar-refractivity contribution in [2.45, 2.75) is 13.1 Å². The lowest BCUT2D eigenvalue weighted by molar-refractivity contribution is -0.122. The van der Waals surface area contributed by atoms with Crippen molar-refractivity contribution < 1.29 is 14.3 Å². The zero-order valence-electron chi connectivity index (χ0n) is 17.4. The zero-order chi connectivity index (χ0) is 21.3. The Hall–Kier alpha value is -3.23.